The van der Waals surface area contributed by atoms with Gasteiger partial charge in [0.2, 0.25) is 6.41 Å². The monoisotopic (exact) mass is 410 g/mol. The van der Waals surface area contributed by atoms with Gasteiger partial charge in [-0.05, 0) is 49.9 Å². The average Bonchev–Trinajstić information content (AvgIpc) is 2.66. The van der Waals surface area contributed by atoms with E-state index in [9.17, 15) is 9.18 Å². The Labute approximate surface area is 167 Å². The van der Waals surface area contributed by atoms with Crippen LogP contribution in [0.15, 0.2) is 35.3 Å². The van der Waals surface area contributed by atoms with Crippen LogP contribution in [0.1, 0.15) is 12.5 Å². The zero-order chi connectivity index (χ0) is 19.8. The molecule has 0 atom stereocenters. The number of benzene rings is 2. The summed E-state index contributed by atoms with van der Waals surface area (Å²) in [6, 6.07) is 7.92. The third-order valence-electron chi connectivity index (χ3n) is 3.54. The second kappa shape index (κ2) is 10.1. The van der Waals surface area contributed by atoms with E-state index in [4.69, 9.17) is 16.3 Å². The lowest BCUT2D eigenvalue weighted by Crippen LogP contribution is -2.10. The molecule has 0 aliphatic carbocycles. The quantitative estimate of drug-likeness (QED) is 0.266. The number of hydrogen-bond donors (Lipinski definition) is 2. The molecule has 27 heavy (non-hydrogen) atoms. The fourth-order valence-corrected chi connectivity index (χ4v) is 2.84. The van der Waals surface area contributed by atoms with Gasteiger partial charge in [0.15, 0.2) is 11.6 Å². The van der Waals surface area contributed by atoms with E-state index in [1.807, 2.05) is 25.2 Å². The number of nitrogens with zero attached hydrogens (tertiary/aromatic N) is 2. The Hall–Kier alpha value is -2.29. The molecule has 6 nitrogen and oxygen atoms in total. The van der Waals surface area contributed by atoms with Crippen LogP contribution in [0, 0.1) is 12.7 Å². The predicted molar refractivity (Wildman–Crippen MR) is 110 cm³/mol. The number of anilines is 1. The van der Waals surface area contributed by atoms with Gasteiger partial charge in [-0.1, -0.05) is 18.5 Å². The number of carbonyl (C=O) groups excluding carboxylic acids is 1. The minimum atomic E-state index is -0.561. The smallest absolute Gasteiger partial charge is 0.212 e. The summed E-state index contributed by atoms with van der Waals surface area (Å²) in [5, 5.41) is 2.50. The van der Waals surface area contributed by atoms with Crippen LogP contribution >= 0.6 is 23.7 Å². The third-order valence-corrected chi connectivity index (χ3v) is 4.80. The number of carbonyl (C=O) groups is 1. The highest BCUT2D eigenvalue weighted by molar-refractivity contribution is 7.98. The largest absolute Gasteiger partial charge is 0.453 e. The van der Waals surface area contributed by atoms with Crippen molar-refractivity contribution in [2.45, 2.75) is 13.8 Å². The van der Waals surface area contributed by atoms with Crippen LogP contribution in [0.25, 0.3) is 0 Å². The fraction of sp³-hybridized carbons (Fsp3) is 0.222. The van der Waals surface area contributed by atoms with Crippen molar-refractivity contribution in [3.8, 4) is 11.5 Å². The molecule has 0 aliphatic heterocycles. The molecular weight excluding hydrogens is 391 g/mol. The van der Waals surface area contributed by atoms with Crippen LogP contribution in [-0.4, -0.2) is 30.6 Å². The van der Waals surface area contributed by atoms with Gasteiger partial charge in [0.05, 0.1) is 17.7 Å². The first-order valence-corrected chi connectivity index (χ1v) is 9.24. The maximum atomic E-state index is 14.2. The highest BCUT2D eigenvalue weighted by atomic mass is 35.5. The topological polar surface area (TPSA) is 66.0 Å². The lowest BCUT2D eigenvalue weighted by molar-refractivity contribution is -0.108. The molecule has 0 radical (unpaired) electrons. The molecule has 1 amide bonds. The van der Waals surface area contributed by atoms with Gasteiger partial charge in [0.1, 0.15) is 10.8 Å². The van der Waals surface area contributed by atoms with Crippen molar-refractivity contribution in [3.05, 3.63) is 46.7 Å². The molecule has 0 saturated heterocycles. The molecule has 144 valence electrons. The van der Waals surface area contributed by atoms with Gasteiger partial charge in [-0.3, -0.25) is 4.79 Å². The van der Waals surface area contributed by atoms with E-state index in [0.717, 1.165) is 12.1 Å². The minimum absolute atomic E-state index is 0.0558. The van der Waals surface area contributed by atoms with Crippen molar-refractivity contribution in [3.63, 3.8) is 0 Å². The number of amides is 1. The summed E-state index contributed by atoms with van der Waals surface area (Å²) >= 11 is 7.67. The summed E-state index contributed by atoms with van der Waals surface area (Å²) in [7, 11) is 1.92. The van der Waals surface area contributed by atoms with Gasteiger partial charge in [-0.2, -0.15) is 0 Å². The van der Waals surface area contributed by atoms with Crippen molar-refractivity contribution in [1.82, 2.24) is 9.62 Å². The van der Waals surface area contributed by atoms with Crippen molar-refractivity contribution >= 4 is 47.9 Å². The molecule has 0 aliphatic rings. The third kappa shape index (κ3) is 5.85. The van der Waals surface area contributed by atoms with E-state index < -0.39 is 5.82 Å². The normalized spacial score (nSPS) is 11.0. The maximum absolute atomic E-state index is 14.2. The molecule has 0 aromatic heterocycles. The number of hydrogen-bond acceptors (Lipinski definition) is 6. The molecule has 0 fully saturated rings. The van der Waals surface area contributed by atoms with Gasteiger partial charge in [-0.25, -0.2) is 13.7 Å². The SMILES string of the molecule is CCN(C)SNc1ccc(F)c(Oc2ccc(N=CNC=O)c(C)c2)c1Cl. The van der Waals surface area contributed by atoms with Crippen LogP contribution < -0.4 is 14.8 Å². The first-order valence-electron chi connectivity index (χ1n) is 8.09. The number of aliphatic imine (C=N–C) groups is 1. The highest BCUT2D eigenvalue weighted by Gasteiger charge is 2.15. The van der Waals surface area contributed by atoms with Gasteiger partial charge in [-0.15, -0.1) is 0 Å². The van der Waals surface area contributed by atoms with Gasteiger partial charge in [0, 0.05) is 18.7 Å². The second-order valence-corrected chi connectivity index (χ2v) is 6.86. The van der Waals surface area contributed by atoms with E-state index in [1.54, 1.807) is 24.3 Å². The second-order valence-electron chi connectivity index (χ2n) is 5.47. The Balaban J connectivity index is 2.21. The fourth-order valence-electron chi connectivity index (χ4n) is 1.99. The van der Waals surface area contributed by atoms with Crippen LogP contribution in [0.2, 0.25) is 5.02 Å². The summed E-state index contributed by atoms with van der Waals surface area (Å²) in [6.07, 6.45) is 1.81. The Bertz CT molecular complexity index is 835. The molecule has 2 rings (SSSR count). The standard InChI is InChI=1S/C18H20ClFN4O2S/c1-4-24(3)27-23-16-8-6-14(20)18(17(16)19)26-13-5-7-15(12(2)9-13)22-10-21-11-25/h5-11,23H,4H2,1-3H3,(H,21,22,25). The zero-order valence-corrected chi connectivity index (χ0v) is 16.7. The average molecular weight is 411 g/mol. The molecule has 0 bridgehead atoms. The summed E-state index contributed by atoms with van der Waals surface area (Å²) in [5.74, 6) is -0.194. The Morgan fingerprint density at radius 3 is 2.81 bits per heavy atom. The van der Waals surface area contributed by atoms with Crippen LogP contribution in [0.3, 0.4) is 0 Å². The first-order chi connectivity index (χ1) is 13.0. The minimum Gasteiger partial charge on any atom is -0.453 e. The number of nitrogens with one attached hydrogen (secondary N) is 2. The Kier molecular flexibility index (Phi) is 7.90. The van der Waals surface area contributed by atoms with Gasteiger partial charge >= 0.3 is 0 Å². The molecule has 0 spiro atoms. The summed E-state index contributed by atoms with van der Waals surface area (Å²) in [6.45, 7) is 4.67. The molecule has 2 N–H and O–H groups in total. The van der Waals surface area contributed by atoms with E-state index in [0.29, 0.717) is 23.5 Å². The lowest BCUT2D eigenvalue weighted by atomic mass is 10.2. The number of aryl methyl sites for hydroxylation is 1. The molecule has 0 saturated carbocycles. The van der Waals surface area contributed by atoms with Crippen molar-refractivity contribution < 1.29 is 13.9 Å². The van der Waals surface area contributed by atoms with Crippen molar-refractivity contribution in [2.24, 2.45) is 4.99 Å². The van der Waals surface area contributed by atoms with E-state index >= 15 is 0 Å². The van der Waals surface area contributed by atoms with Crippen LogP contribution in [0.4, 0.5) is 15.8 Å². The van der Waals surface area contributed by atoms with E-state index in [-0.39, 0.29) is 10.8 Å². The van der Waals surface area contributed by atoms with Crippen LogP contribution in [0.5, 0.6) is 11.5 Å². The summed E-state index contributed by atoms with van der Waals surface area (Å²) in [4.78, 5) is 14.4. The maximum Gasteiger partial charge on any atom is 0.212 e. The van der Waals surface area contributed by atoms with E-state index in [2.05, 4.69) is 15.0 Å². The Morgan fingerprint density at radius 1 is 1.37 bits per heavy atom. The Morgan fingerprint density at radius 2 is 2.15 bits per heavy atom. The molecule has 9 heteroatoms. The van der Waals surface area contributed by atoms with Crippen molar-refractivity contribution in [2.75, 3.05) is 18.3 Å². The molecule has 0 heterocycles. The number of halogens is 2. The molecule has 2 aromatic rings. The first kappa shape index (κ1) is 21.0. The zero-order valence-electron chi connectivity index (χ0n) is 15.1. The highest BCUT2D eigenvalue weighted by Crippen LogP contribution is 2.39. The van der Waals surface area contributed by atoms with Gasteiger partial charge in [0.25, 0.3) is 0 Å². The molecule has 0 unspecified atom stereocenters. The molecule has 2 aromatic carbocycles. The lowest BCUT2D eigenvalue weighted by Gasteiger charge is -2.16. The van der Waals surface area contributed by atoms with Gasteiger partial charge < -0.3 is 14.8 Å². The van der Waals surface area contributed by atoms with E-state index in [1.165, 1.54) is 24.5 Å². The van der Waals surface area contributed by atoms with Crippen LogP contribution in [-0.2, 0) is 4.79 Å². The van der Waals surface area contributed by atoms with Crippen molar-refractivity contribution in [1.29, 1.82) is 0 Å². The number of rotatable bonds is 9. The summed E-state index contributed by atoms with van der Waals surface area (Å²) < 4.78 is 25.0. The molecular formula is C18H20ClFN4O2S. The number of ether oxygens (including phenoxy) is 1. The summed E-state index contributed by atoms with van der Waals surface area (Å²) in [5.41, 5.74) is 2.00. The predicted octanol–water partition coefficient (Wildman–Crippen LogP) is 4.91.